The van der Waals surface area contributed by atoms with Crippen molar-refractivity contribution in [3.05, 3.63) is 36.1 Å². The third kappa shape index (κ3) is 1.11. The SMILES string of the molecule is O=CCc1cc2ccccc2o1. The maximum Gasteiger partial charge on any atom is 0.134 e. The van der Waals surface area contributed by atoms with E-state index in [1.807, 2.05) is 30.3 Å². The predicted octanol–water partition coefficient (Wildman–Crippen LogP) is 2.17. The summed E-state index contributed by atoms with van der Waals surface area (Å²) in [6, 6.07) is 9.61. The van der Waals surface area contributed by atoms with E-state index in [2.05, 4.69) is 0 Å². The molecule has 0 radical (unpaired) electrons. The van der Waals surface area contributed by atoms with Crippen molar-refractivity contribution < 1.29 is 9.21 Å². The Labute approximate surface area is 69.8 Å². The van der Waals surface area contributed by atoms with Gasteiger partial charge in [0.2, 0.25) is 0 Å². The predicted molar refractivity (Wildman–Crippen MR) is 46.0 cm³/mol. The fourth-order valence-electron chi connectivity index (χ4n) is 1.22. The van der Waals surface area contributed by atoms with Gasteiger partial charge in [-0.1, -0.05) is 18.2 Å². The molecule has 0 N–H and O–H groups in total. The molecule has 0 aliphatic carbocycles. The summed E-state index contributed by atoms with van der Waals surface area (Å²) in [5.74, 6) is 0.728. The van der Waals surface area contributed by atoms with Crippen molar-refractivity contribution in [2.75, 3.05) is 0 Å². The van der Waals surface area contributed by atoms with Gasteiger partial charge in [-0.2, -0.15) is 0 Å². The molecule has 0 unspecified atom stereocenters. The van der Waals surface area contributed by atoms with E-state index in [1.165, 1.54) is 0 Å². The van der Waals surface area contributed by atoms with Crippen molar-refractivity contribution in [1.29, 1.82) is 0 Å². The van der Waals surface area contributed by atoms with Crippen LogP contribution in [0.4, 0.5) is 0 Å². The second-order valence-electron chi connectivity index (χ2n) is 2.62. The third-order valence-electron chi connectivity index (χ3n) is 1.76. The van der Waals surface area contributed by atoms with Gasteiger partial charge >= 0.3 is 0 Å². The van der Waals surface area contributed by atoms with Crippen molar-refractivity contribution >= 4 is 17.3 Å². The minimum atomic E-state index is 0.356. The molecule has 2 rings (SSSR count). The summed E-state index contributed by atoms with van der Waals surface area (Å²) in [4.78, 5) is 10.2. The summed E-state index contributed by atoms with van der Waals surface area (Å²) in [6.45, 7) is 0. The van der Waals surface area contributed by atoms with Gasteiger partial charge in [-0.25, -0.2) is 0 Å². The molecule has 60 valence electrons. The first-order valence-electron chi connectivity index (χ1n) is 3.81. The van der Waals surface area contributed by atoms with Gasteiger partial charge in [0.1, 0.15) is 17.6 Å². The molecule has 2 nitrogen and oxygen atoms in total. The van der Waals surface area contributed by atoms with Crippen LogP contribution in [0.15, 0.2) is 34.7 Å². The Hall–Kier alpha value is -1.57. The molecule has 0 fully saturated rings. The topological polar surface area (TPSA) is 30.2 Å². The first-order chi connectivity index (χ1) is 5.90. The highest BCUT2D eigenvalue weighted by Crippen LogP contribution is 2.18. The number of rotatable bonds is 2. The van der Waals surface area contributed by atoms with E-state index in [9.17, 15) is 4.79 Å². The molecule has 0 atom stereocenters. The monoisotopic (exact) mass is 160 g/mol. The zero-order chi connectivity index (χ0) is 8.39. The Kier molecular flexibility index (Phi) is 1.67. The number of benzene rings is 1. The van der Waals surface area contributed by atoms with Crippen molar-refractivity contribution in [3.8, 4) is 0 Å². The standard InChI is InChI=1S/C10H8O2/c11-6-5-9-7-8-3-1-2-4-10(8)12-9/h1-4,6-7H,5H2. The Morgan fingerprint density at radius 1 is 1.33 bits per heavy atom. The molecule has 0 amide bonds. The van der Waals surface area contributed by atoms with Crippen molar-refractivity contribution in [2.45, 2.75) is 6.42 Å². The second-order valence-corrected chi connectivity index (χ2v) is 2.62. The fourth-order valence-corrected chi connectivity index (χ4v) is 1.22. The lowest BCUT2D eigenvalue weighted by molar-refractivity contribution is -0.107. The molecule has 1 aromatic heterocycles. The van der Waals surface area contributed by atoms with Crippen LogP contribution in [-0.4, -0.2) is 6.29 Å². The Morgan fingerprint density at radius 3 is 2.92 bits per heavy atom. The highest BCUT2D eigenvalue weighted by molar-refractivity contribution is 5.78. The first kappa shape index (κ1) is 7.10. The number of carbonyl (C=O) groups excluding carboxylic acids is 1. The van der Waals surface area contributed by atoms with E-state index in [0.29, 0.717) is 6.42 Å². The van der Waals surface area contributed by atoms with Gasteiger partial charge in [-0.15, -0.1) is 0 Å². The number of carbonyl (C=O) groups is 1. The Morgan fingerprint density at radius 2 is 2.17 bits per heavy atom. The molecule has 0 saturated heterocycles. The van der Waals surface area contributed by atoms with Gasteiger partial charge in [0.25, 0.3) is 0 Å². The zero-order valence-corrected chi connectivity index (χ0v) is 6.49. The van der Waals surface area contributed by atoms with E-state index in [0.717, 1.165) is 23.0 Å². The van der Waals surface area contributed by atoms with Crippen LogP contribution in [0.25, 0.3) is 11.0 Å². The lowest BCUT2D eigenvalue weighted by Crippen LogP contribution is -1.78. The van der Waals surface area contributed by atoms with Crippen LogP contribution in [0.2, 0.25) is 0 Å². The number of aldehydes is 1. The van der Waals surface area contributed by atoms with Crippen LogP contribution >= 0.6 is 0 Å². The average Bonchev–Trinajstić information content (AvgIpc) is 2.47. The minimum absolute atomic E-state index is 0.356. The van der Waals surface area contributed by atoms with E-state index in [-0.39, 0.29) is 0 Å². The summed E-state index contributed by atoms with van der Waals surface area (Å²) in [7, 11) is 0. The van der Waals surface area contributed by atoms with Crippen molar-refractivity contribution in [1.82, 2.24) is 0 Å². The summed E-state index contributed by atoms with van der Waals surface area (Å²) in [5, 5.41) is 1.05. The summed E-state index contributed by atoms with van der Waals surface area (Å²) in [5.41, 5.74) is 0.842. The van der Waals surface area contributed by atoms with E-state index < -0.39 is 0 Å². The van der Waals surface area contributed by atoms with Crippen molar-refractivity contribution in [3.63, 3.8) is 0 Å². The molecule has 0 saturated carbocycles. The lowest BCUT2D eigenvalue weighted by atomic mass is 10.2. The van der Waals surface area contributed by atoms with E-state index in [1.54, 1.807) is 0 Å². The summed E-state index contributed by atoms with van der Waals surface area (Å²) in [6.07, 6.45) is 1.20. The molecule has 2 aromatic rings. The van der Waals surface area contributed by atoms with Gasteiger partial charge in [0.05, 0.1) is 6.42 Å². The van der Waals surface area contributed by atoms with Gasteiger partial charge in [0, 0.05) is 5.39 Å². The smallest absolute Gasteiger partial charge is 0.134 e. The number of fused-ring (bicyclic) bond motifs is 1. The van der Waals surface area contributed by atoms with Gasteiger partial charge in [0.15, 0.2) is 0 Å². The number of furan rings is 1. The molecule has 1 heterocycles. The molecule has 0 aliphatic rings. The second kappa shape index (κ2) is 2.81. The quantitative estimate of drug-likeness (QED) is 0.630. The molecule has 0 spiro atoms. The maximum absolute atomic E-state index is 10.2. The number of para-hydroxylation sites is 1. The maximum atomic E-state index is 10.2. The van der Waals surface area contributed by atoms with Crippen LogP contribution in [0.3, 0.4) is 0 Å². The normalized spacial score (nSPS) is 10.3. The van der Waals surface area contributed by atoms with Crippen LogP contribution in [-0.2, 0) is 11.2 Å². The highest BCUT2D eigenvalue weighted by atomic mass is 16.3. The van der Waals surface area contributed by atoms with Gasteiger partial charge < -0.3 is 9.21 Å². The van der Waals surface area contributed by atoms with Crippen LogP contribution in [0.1, 0.15) is 5.76 Å². The van der Waals surface area contributed by atoms with E-state index in [4.69, 9.17) is 4.42 Å². The van der Waals surface area contributed by atoms with Gasteiger partial charge in [-0.05, 0) is 12.1 Å². The van der Waals surface area contributed by atoms with Gasteiger partial charge in [-0.3, -0.25) is 0 Å². The third-order valence-corrected chi connectivity index (χ3v) is 1.76. The Bertz CT molecular complexity index is 368. The Balaban J connectivity index is 2.54. The van der Waals surface area contributed by atoms with Crippen LogP contribution in [0, 0.1) is 0 Å². The molecule has 12 heavy (non-hydrogen) atoms. The molecule has 2 heteroatoms. The lowest BCUT2D eigenvalue weighted by Gasteiger charge is -1.83. The molecule has 1 aromatic carbocycles. The number of hydrogen-bond donors (Lipinski definition) is 0. The molecular formula is C10H8O2. The highest BCUT2D eigenvalue weighted by Gasteiger charge is 2.00. The van der Waals surface area contributed by atoms with E-state index >= 15 is 0 Å². The first-order valence-corrected chi connectivity index (χ1v) is 3.81. The largest absolute Gasteiger partial charge is 0.461 e. The summed E-state index contributed by atoms with van der Waals surface area (Å²) < 4.78 is 5.38. The number of hydrogen-bond acceptors (Lipinski definition) is 2. The molecule has 0 aliphatic heterocycles. The molecule has 0 bridgehead atoms. The minimum Gasteiger partial charge on any atom is -0.461 e. The van der Waals surface area contributed by atoms with Crippen LogP contribution < -0.4 is 0 Å². The van der Waals surface area contributed by atoms with Crippen LogP contribution in [0.5, 0.6) is 0 Å². The van der Waals surface area contributed by atoms with Crippen molar-refractivity contribution in [2.24, 2.45) is 0 Å². The fraction of sp³-hybridized carbons (Fsp3) is 0.100. The average molecular weight is 160 g/mol. The summed E-state index contributed by atoms with van der Waals surface area (Å²) >= 11 is 0. The zero-order valence-electron chi connectivity index (χ0n) is 6.49. The molecular weight excluding hydrogens is 152 g/mol.